The largest absolute Gasteiger partial charge is 0.350 e. The van der Waals surface area contributed by atoms with Gasteiger partial charge in [-0.25, -0.2) is 0 Å². The van der Waals surface area contributed by atoms with Crippen molar-refractivity contribution < 1.29 is 4.79 Å². The van der Waals surface area contributed by atoms with E-state index < -0.39 is 0 Å². The molecule has 1 amide bonds. The highest BCUT2D eigenvalue weighted by Gasteiger charge is 2.28. The quantitative estimate of drug-likeness (QED) is 0.486. The number of nitrogens with zero attached hydrogens (tertiary/aromatic N) is 2. The van der Waals surface area contributed by atoms with Gasteiger partial charge in [0, 0.05) is 42.3 Å². The van der Waals surface area contributed by atoms with Crippen molar-refractivity contribution in [2.24, 2.45) is 7.05 Å². The van der Waals surface area contributed by atoms with Crippen LogP contribution in [0.15, 0.2) is 42.6 Å². The smallest absolute Gasteiger partial charge is 0.256 e. The molecule has 0 N–H and O–H groups in total. The number of likely N-dealkylation sites (tertiary alicyclic amines) is 1. The molecule has 0 unspecified atom stereocenters. The molecule has 0 aliphatic carbocycles. The fourth-order valence-electron chi connectivity index (χ4n) is 4.00. The lowest BCUT2D eigenvalue weighted by Gasteiger charge is -2.32. The number of benzene rings is 2. The highest BCUT2D eigenvalue weighted by atomic mass is 35.5. The summed E-state index contributed by atoms with van der Waals surface area (Å²) in [4.78, 5) is 14.8. The van der Waals surface area contributed by atoms with Gasteiger partial charge in [-0.1, -0.05) is 53.0 Å². The van der Waals surface area contributed by atoms with Crippen molar-refractivity contribution in [2.45, 2.75) is 18.8 Å². The molecule has 2 aromatic carbocycles. The molecule has 4 rings (SSSR count). The molecular weight excluding hydrogens is 403 g/mol. The highest BCUT2D eigenvalue weighted by Crippen LogP contribution is 2.36. The van der Waals surface area contributed by atoms with E-state index in [1.165, 1.54) is 16.5 Å². The number of rotatable bonds is 2. The molecule has 0 saturated carbocycles. The van der Waals surface area contributed by atoms with Gasteiger partial charge in [0.25, 0.3) is 5.91 Å². The van der Waals surface area contributed by atoms with E-state index in [1.807, 2.05) is 4.90 Å². The minimum Gasteiger partial charge on any atom is -0.350 e. The second-order valence-electron chi connectivity index (χ2n) is 7.02. The molecule has 140 valence electrons. The van der Waals surface area contributed by atoms with Gasteiger partial charge in [-0.3, -0.25) is 4.79 Å². The van der Waals surface area contributed by atoms with Crippen LogP contribution in [0.25, 0.3) is 10.9 Å². The number of hydrogen-bond donors (Lipinski definition) is 0. The summed E-state index contributed by atoms with van der Waals surface area (Å²) in [6.07, 6.45) is 4.06. The molecular formula is C21H19Cl3N2O. The number of fused-ring (bicyclic) bond motifs is 1. The number of hydrogen-bond acceptors (Lipinski definition) is 1. The number of amides is 1. The monoisotopic (exact) mass is 420 g/mol. The number of carbonyl (C=O) groups is 1. The number of carbonyl (C=O) groups excluding carboxylic acids is 1. The summed E-state index contributed by atoms with van der Waals surface area (Å²) in [5, 5.41) is 2.33. The van der Waals surface area contributed by atoms with Crippen molar-refractivity contribution in [1.29, 1.82) is 0 Å². The van der Waals surface area contributed by atoms with Crippen LogP contribution in [0.4, 0.5) is 0 Å². The van der Waals surface area contributed by atoms with Gasteiger partial charge in [0.1, 0.15) is 0 Å². The maximum atomic E-state index is 12.9. The van der Waals surface area contributed by atoms with Gasteiger partial charge in [0.05, 0.1) is 15.6 Å². The number of halogens is 3. The predicted octanol–water partition coefficient (Wildman–Crippen LogP) is 6.16. The lowest BCUT2D eigenvalue weighted by molar-refractivity contribution is 0.0713. The molecule has 1 saturated heterocycles. The van der Waals surface area contributed by atoms with Gasteiger partial charge in [-0.15, -0.1) is 0 Å². The molecule has 3 aromatic rings. The van der Waals surface area contributed by atoms with Crippen molar-refractivity contribution in [2.75, 3.05) is 13.1 Å². The Morgan fingerprint density at radius 1 is 1.04 bits per heavy atom. The van der Waals surface area contributed by atoms with E-state index in [2.05, 4.69) is 42.1 Å². The maximum Gasteiger partial charge on any atom is 0.256 e. The second-order valence-corrected chi connectivity index (χ2v) is 8.27. The molecule has 0 atom stereocenters. The first-order valence-electron chi connectivity index (χ1n) is 8.93. The zero-order valence-electron chi connectivity index (χ0n) is 14.9. The molecule has 1 aliphatic heterocycles. The van der Waals surface area contributed by atoms with E-state index in [0.29, 0.717) is 39.6 Å². The van der Waals surface area contributed by atoms with Crippen LogP contribution in [0.5, 0.6) is 0 Å². The summed E-state index contributed by atoms with van der Waals surface area (Å²) in [5.41, 5.74) is 2.94. The summed E-state index contributed by atoms with van der Waals surface area (Å²) in [6.45, 7) is 1.37. The summed E-state index contributed by atoms with van der Waals surface area (Å²) < 4.78 is 2.18. The van der Waals surface area contributed by atoms with E-state index in [0.717, 1.165) is 12.8 Å². The third kappa shape index (κ3) is 3.44. The summed E-state index contributed by atoms with van der Waals surface area (Å²) in [5.74, 6) is 0.314. The Bertz CT molecular complexity index is 996. The van der Waals surface area contributed by atoms with Crippen LogP contribution < -0.4 is 0 Å². The fourth-order valence-corrected chi connectivity index (χ4v) is 4.98. The van der Waals surface area contributed by atoms with Crippen molar-refractivity contribution in [3.8, 4) is 0 Å². The van der Waals surface area contributed by atoms with E-state index in [4.69, 9.17) is 34.8 Å². The van der Waals surface area contributed by atoms with Crippen LogP contribution in [0.3, 0.4) is 0 Å². The number of para-hydroxylation sites is 1. The number of aryl methyl sites for hydroxylation is 1. The molecule has 1 aliphatic rings. The zero-order chi connectivity index (χ0) is 19.1. The Hall–Kier alpha value is -1.68. The normalized spacial score (nSPS) is 15.5. The van der Waals surface area contributed by atoms with Crippen molar-refractivity contribution in [3.63, 3.8) is 0 Å². The summed E-state index contributed by atoms with van der Waals surface area (Å²) in [7, 11) is 2.08. The average molecular weight is 422 g/mol. The third-order valence-electron chi connectivity index (χ3n) is 5.37. The first-order valence-corrected chi connectivity index (χ1v) is 10.1. The van der Waals surface area contributed by atoms with Crippen LogP contribution >= 0.6 is 34.8 Å². The van der Waals surface area contributed by atoms with Gasteiger partial charge < -0.3 is 9.47 Å². The van der Waals surface area contributed by atoms with Crippen LogP contribution in [0.1, 0.15) is 34.7 Å². The van der Waals surface area contributed by atoms with Crippen molar-refractivity contribution >= 4 is 51.6 Å². The molecule has 27 heavy (non-hydrogen) atoms. The maximum absolute atomic E-state index is 12.9. The van der Waals surface area contributed by atoms with Gasteiger partial charge in [0.15, 0.2) is 0 Å². The Labute approximate surface area is 173 Å². The average Bonchev–Trinajstić information content (AvgIpc) is 2.98. The summed E-state index contributed by atoms with van der Waals surface area (Å²) in [6, 6.07) is 11.6. The van der Waals surface area contributed by atoms with E-state index >= 15 is 0 Å². The van der Waals surface area contributed by atoms with Crippen LogP contribution in [0, 0.1) is 0 Å². The minimum atomic E-state index is -0.127. The molecule has 1 aromatic heterocycles. The molecule has 0 radical (unpaired) electrons. The Morgan fingerprint density at radius 2 is 1.67 bits per heavy atom. The minimum absolute atomic E-state index is 0.127. The molecule has 0 spiro atoms. The summed E-state index contributed by atoms with van der Waals surface area (Å²) >= 11 is 18.4. The Kier molecular flexibility index (Phi) is 5.11. The molecule has 2 heterocycles. The zero-order valence-corrected chi connectivity index (χ0v) is 17.2. The number of aromatic nitrogens is 1. The molecule has 1 fully saturated rings. The van der Waals surface area contributed by atoms with Crippen LogP contribution in [-0.2, 0) is 7.05 Å². The Balaban J connectivity index is 1.53. The topological polar surface area (TPSA) is 25.2 Å². The molecule has 0 bridgehead atoms. The standard InChI is InChI=1S/C21H19Cl3N2O/c1-25-12-16(15-4-2-3-5-19(15)25)13-6-8-26(9-7-13)21(27)20-17(23)10-14(22)11-18(20)24/h2-5,10-13H,6-9H2,1H3. The van der Waals surface area contributed by atoms with Crippen molar-refractivity contribution in [1.82, 2.24) is 9.47 Å². The lowest BCUT2D eigenvalue weighted by Crippen LogP contribution is -2.38. The van der Waals surface area contributed by atoms with Crippen LogP contribution in [0.2, 0.25) is 15.1 Å². The first-order chi connectivity index (χ1) is 13.0. The van der Waals surface area contributed by atoms with Gasteiger partial charge in [-0.05, 0) is 42.5 Å². The molecule has 3 nitrogen and oxygen atoms in total. The van der Waals surface area contributed by atoms with E-state index in [-0.39, 0.29) is 5.91 Å². The SMILES string of the molecule is Cn1cc(C2CCN(C(=O)c3c(Cl)cc(Cl)cc3Cl)CC2)c2ccccc21. The van der Waals surface area contributed by atoms with Crippen molar-refractivity contribution in [3.05, 3.63) is 68.8 Å². The number of piperidine rings is 1. The van der Waals surface area contributed by atoms with E-state index in [1.54, 1.807) is 12.1 Å². The second kappa shape index (κ2) is 7.38. The third-order valence-corrected chi connectivity index (χ3v) is 6.18. The van der Waals surface area contributed by atoms with Gasteiger partial charge in [0.2, 0.25) is 0 Å². The van der Waals surface area contributed by atoms with Gasteiger partial charge >= 0.3 is 0 Å². The van der Waals surface area contributed by atoms with Gasteiger partial charge in [-0.2, -0.15) is 0 Å². The van der Waals surface area contributed by atoms with E-state index in [9.17, 15) is 4.79 Å². The first kappa shape index (κ1) is 18.7. The van der Waals surface area contributed by atoms with Crippen LogP contribution in [-0.4, -0.2) is 28.5 Å². The molecule has 6 heteroatoms. The fraction of sp³-hybridized carbons (Fsp3) is 0.286. The predicted molar refractivity (Wildman–Crippen MR) is 112 cm³/mol. The lowest BCUT2D eigenvalue weighted by atomic mass is 9.89. The highest BCUT2D eigenvalue weighted by molar-refractivity contribution is 6.42. The Morgan fingerprint density at radius 3 is 2.33 bits per heavy atom.